The van der Waals surface area contributed by atoms with E-state index in [2.05, 4.69) is 99.7 Å². The zero-order valence-electron chi connectivity index (χ0n) is 35.6. The first-order valence-corrected chi connectivity index (χ1v) is 19.9. The molecule has 0 radical (unpaired) electrons. The lowest BCUT2D eigenvalue weighted by Gasteiger charge is -2.23. The second-order valence-corrected chi connectivity index (χ2v) is 14.6. The van der Waals surface area contributed by atoms with Crippen LogP contribution in [0.3, 0.4) is 0 Å². The molecule has 2 aromatic rings. The molecule has 4 rings (SSSR count). The predicted octanol–water partition coefficient (Wildman–Crippen LogP) is 2.72. The number of nitrogens with zero attached hydrogens (tertiary/aromatic N) is 2. The van der Waals surface area contributed by atoms with Crippen LogP contribution in [0.15, 0.2) is 60.3 Å². The second kappa shape index (κ2) is 25.9. The van der Waals surface area contributed by atoms with Gasteiger partial charge in [-0.05, 0) is 55.8 Å². The van der Waals surface area contributed by atoms with Crippen molar-refractivity contribution in [2.24, 2.45) is 0 Å². The Bertz CT molecular complexity index is 1670. The van der Waals surface area contributed by atoms with Crippen molar-refractivity contribution in [3.05, 3.63) is 71.5 Å². The first-order valence-electron chi connectivity index (χ1n) is 19.9. The standard InChI is InChI=1S/C45H65N2O10.ClH/c1-9-17-49-20-21-51-24-25-53-27-29-55-31-33-57-37-14-16-41-39(35-37)45(4,5)43(47(41)7)12-10-11-42-44(2,3)38-34-36(13-15-40(38)46(42)6)56-32-30-54-28-26-52-23-22-50-19-18-48-8;/h1,10-16,34-35H,17-33H2,2-8H3;1H/q+1;/p-1. The van der Waals surface area contributed by atoms with Crippen molar-refractivity contribution >= 4 is 17.1 Å². The van der Waals surface area contributed by atoms with Gasteiger partial charge in [-0.3, -0.25) is 0 Å². The molecule has 0 amide bonds. The number of likely N-dealkylation sites (N-methyl/N-ethyl adjacent to an activating group) is 1. The molecule has 0 fully saturated rings. The molecule has 2 heterocycles. The van der Waals surface area contributed by atoms with E-state index in [-0.39, 0.29) is 23.2 Å². The quantitative estimate of drug-likeness (QED) is 0.0689. The molecule has 0 unspecified atom stereocenters. The van der Waals surface area contributed by atoms with Crippen molar-refractivity contribution in [3.63, 3.8) is 0 Å². The van der Waals surface area contributed by atoms with Gasteiger partial charge in [0, 0.05) is 48.7 Å². The van der Waals surface area contributed by atoms with Crippen LogP contribution in [0.25, 0.3) is 0 Å². The van der Waals surface area contributed by atoms with Crippen LogP contribution in [0.5, 0.6) is 11.5 Å². The van der Waals surface area contributed by atoms with Gasteiger partial charge in [-0.2, -0.15) is 4.58 Å². The predicted molar refractivity (Wildman–Crippen MR) is 223 cm³/mol. The smallest absolute Gasteiger partial charge is 0.209 e. The Kier molecular flexibility index (Phi) is 21.8. The molecule has 13 heteroatoms. The van der Waals surface area contributed by atoms with Gasteiger partial charge < -0.3 is 64.7 Å². The maximum Gasteiger partial charge on any atom is 0.209 e. The molecule has 2 aliphatic heterocycles. The fourth-order valence-corrected chi connectivity index (χ4v) is 6.95. The van der Waals surface area contributed by atoms with Gasteiger partial charge in [0.2, 0.25) is 5.69 Å². The maximum atomic E-state index is 6.08. The minimum absolute atomic E-state index is 0. The van der Waals surface area contributed by atoms with Gasteiger partial charge in [0.1, 0.15) is 38.4 Å². The van der Waals surface area contributed by atoms with Crippen LogP contribution < -0.4 is 26.8 Å². The normalized spacial score (nSPS) is 15.8. The van der Waals surface area contributed by atoms with Crippen molar-refractivity contribution in [1.82, 2.24) is 0 Å². The van der Waals surface area contributed by atoms with E-state index in [1.165, 1.54) is 33.9 Å². The lowest BCUT2D eigenvalue weighted by molar-refractivity contribution is -0.401. The molecule has 322 valence electrons. The second-order valence-electron chi connectivity index (χ2n) is 14.6. The summed E-state index contributed by atoms with van der Waals surface area (Å²) in [6, 6.07) is 12.6. The first-order chi connectivity index (χ1) is 27.6. The fraction of sp³-hybridized carbons (Fsp3) is 0.578. The molecule has 12 nitrogen and oxygen atoms in total. The summed E-state index contributed by atoms with van der Waals surface area (Å²) in [7, 11) is 5.91. The highest BCUT2D eigenvalue weighted by Gasteiger charge is 2.43. The van der Waals surface area contributed by atoms with Gasteiger partial charge in [-0.25, -0.2) is 0 Å². The van der Waals surface area contributed by atoms with Gasteiger partial charge in [0.05, 0.1) is 97.9 Å². The number of hydrogen-bond donors (Lipinski definition) is 0. The average Bonchev–Trinajstić information content (AvgIpc) is 3.51. The highest BCUT2D eigenvalue weighted by atomic mass is 35.5. The number of fused-ring (bicyclic) bond motifs is 2. The number of benzene rings is 2. The maximum absolute atomic E-state index is 6.08. The number of rotatable bonds is 29. The number of allylic oxidation sites excluding steroid dienone is 4. The summed E-state index contributed by atoms with van der Waals surface area (Å²) < 4.78 is 57.8. The van der Waals surface area contributed by atoms with Gasteiger partial charge >= 0.3 is 0 Å². The van der Waals surface area contributed by atoms with Crippen LogP contribution in [0, 0.1) is 12.3 Å². The van der Waals surface area contributed by atoms with Crippen LogP contribution >= 0.6 is 0 Å². The van der Waals surface area contributed by atoms with E-state index in [1.54, 1.807) is 7.11 Å². The Hall–Kier alpha value is -3.48. The van der Waals surface area contributed by atoms with Crippen molar-refractivity contribution in [2.75, 3.05) is 138 Å². The van der Waals surface area contributed by atoms with Gasteiger partial charge in [0.15, 0.2) is 5.71 Å². The van der Waals surface area contributed by atoms with Crippen molar-refractivity contribution in [2.45, 2.75) is 38.5 Å². The number of methoxy groups -OCH3 is 1. The monoisotopic (exact) mass is 828 g/mol. The molecule has 0 N–H and O–H groups in total. The Labute approximate surface area is 352 Å². The molecule has 0 saturated heterocycles. The zero-order valence-corrected chi connectivity index (χ0v) is 36.4. The van der Waals surface area contributed by atoms with E-state index in [9.17, 15) is 0 Å². The summed E-state index contributed by atoms with van der Waals surface area (Å²) in [6.07, 6.45) is 11.8. The van der Waals surface area contributed by atoms with Crippen LogP contribution in [-0.4, -0.2) is 144 Å². The summed E-state index contributed by atoms with van der Waals surface area (Å²) in [5, 5.41) is 0. The Morgan fingerprint density at radius 2 is 1.10 bits per heavy atom. The minimum atomic E-state index is -0.215. The molecular formula is C45H65ClN2O10. The highest BCUT2D eigenvalue weighted by molar-refractivity contribution is 6.03. The van der Waals surface area contributed by atoms with Crippen molar-refractivity contribution in [3.8, 4) is 23.8 Å². The van der Waals surface area contributed by atoms with E-state index in [4.69, 9.17) is 53.8 Å². The molecule has 0 saturated carbocycles. The van der Waals surface area contributed by atoms with E-state index >= 15 is 0 Å². The van der Waals surface area contributed by atoms with E-state index in [1.807, 2.05) is 12.1 Å². The van der Waals surface area contributed by atoms with E-state index in [0.717, 1.165) is 11.5 Å². The summed E-state index contributed by atoms with van der Waals surface area (Å²) in [5.74, 6) is 4.08. The third kappa shape index (κ3) is 14.4. The summed E-state index contributed by atoms with van der Waals surface area (Å²) in [4.78, 5) is 2.27. The Morgan fingerprint density at radius 1 is 0.638 bits per heavy atom. The molecular weight excluding hydrogens is 764 g/mol. The Balaban J connectivity index is 0.00000900. The molecule has 58 heavy (non-hydrogen) atoms. The topological polar surface area (TPSA) is 98.6 Å². The van der Waals surface area contributed by atoms with E-state index < -0.39 is 0 Å². The van der Waals surface area contributed by atoms with Gasteiger partial charge in [-0.15, -0.1) is 6.42 Å². The van der Waals surface area contributed by atoms with Crippen LogP contribution in [0.2, 0.25) is 0 Å². The fourth-order valence-electron chi connectivity index (χ4n) is 6.95. The lowest BCUT2D eigenvalue weighted by atomic mass is 9.81. The number of halogens is 1. The zero-order chi connectivity index (χ0) is 40.9. The van der Waals surface area contributed by atoms with Gasteiger partial charge in [-0.1, -0.05) is 25.8 Å². The van der Waals surface area contributed by atoms with Crippen molar-refractivity contribution < 1.29 is 64.4 Å². The molecule has 2 aliphatic rings. The number of ether oxygens (including phenoxy) is 10. The third-order valence-electron chi connectivity index (χ3n) is 9.99. The average molecular weight is 829 g/mol. The third-order valence-corrected chi connectivity index (χ3v) is 9.99. The number of terminal acetylenes is 1. The van der Waals surface area contributed by atoms with Crippen molar-refractivity contribution in [1.29, 1.82) is 0 Å². The molecule has 0 spiro atoms. The molecule has 0 atom stereocenters. The first kappa shape index (κ1) is 48.9. The Morgan fingerprint density at radius 3 is 1.62 bits per heavy atom. The van der Waals surface area contributed by atoms with Gasteiger partial charge in [0.25, 0.3) is 0 Å². The highest BCUT2D eigenvalue weighted by Crippen LogP contribution is 2.48. The van der Waals surface area contributed by atoms with Crippen LogP contribution in [0.4, 0.5) is 11.4 Å². The molecule has 2 aromatic carbocycles. The lowest BCUT2D eigenvalue weighted by Crippen LogP contribution is -3.00. The summed E-state index contributed by atoms with van der Waals surface area (Å²) >= 11 is 0. The minimum Gasteiger partial charge on any atom is -1.00 e. The number of anilines is 1. The summed E-state index contributed by atoms with van der Waals surface area (Å²) in [5.41, 5.74) is 6.81. The van der Waals surface area contributed by atoms with Crippen LogP contribution in [-0.2, 0) is 48.7 Å². The molecule has 0 aliphatic carbocycles. The SMILES string of the molecule is C#CCOCCOCCOCCOCCOc1ccc2c(c1)C(C)(C)/C(=C\C=C\C1=[N+](C)c3ccc(OCCOCCOCCOCCOC)cc3C1(C)C)N2C.[Cl-]. The largest absolute Gasteiger partial charge is 1.00 e. The van der Waals surface area contributed by atoms with Crippen LogP contribution in [0.1, 0.15) is 38.8 Å². The summed E-state index contributed by atoms with van der Waals surface area (Å²) in [6.45, 7) is 17.5. The number of hydrogen-bond acceptors (Lipinski definition) is 11. The molecule has 0 aromatic heterocycles. The molecule has 0 bridgehead atoms. The van der Waals surface area contributed by atoms with E-state index in [0.29, 0.717) is 112 Å².